The number of aromatic nitrogens is 2. The van der Waals surface area contributed by atoms with Crippen LogP contribution in [0.5, 0.6) is 0 Å². The number of esters is 1. The normalized spacial score (nSPS) is 11.4. The van der Waals surface area contributed by atoms with E-state index in [1.807, 2.05) is 13.8 Å². The maximum atomic E-state index is 11.3. The van der Waals surface area contributed by atoms with Crippen LogP contribution in [0.15, 0.2) is 10.9 Å². The van der Waals surface area contributed by atoms with Crippen molar-refractivity contribution in [2.45, 2.75) is 20.4 Å². The molecule has 1 aromatic rings. The molecule has 0 saturated carbocycles. The summed E-state index contributed by atoms with van der Waals surface area (Å²) in [6, 6.07) is 0. The Morgan fingerprint density at radius 3 is 2.93 bits per heavy atom. The van der Waals surface area contributed by atoms with Crippen molar-refractivity contribution in [2.24, 2.45) is 5.41 Å². The molecule has 1 aromatic heterocycles. The molecule has 0 aliphatic heterocycles. The number of ether oxygens (including phenoxy) is 1. The van der Waals surface area contributed by atoms with Gasteiger partial charge in [-0.05, 0) is 13.8 Å². The monoisotopic (exact) mass is 213 g/mol. The molecule has 0 atom stereocenters. The summed E-state index contributed by atoms with van der Waals surface area (Å²) in [4.78, 5) is 15.2. The van der Waals surface area contributed by atoms with Gasteiger partial charge in [-0.15, -0.1) is 0 Å². The Hall–Kier alpha value is -1.43. The molecule has 0 unspecified atom stereocenters. The van der Waals surface area contributed by atoms with Crippen LogP contribution in [-0.2, 0) is 16.1 Å². The van der Waals surface area contributed by atoms with Gasteiger partial charge in [0.15, 0.2) is 5.82 Å². The first-order valence-corrected chi connectivity index (χ1v) is 4.60. The van der Waals surface area contributed by atoms with E-state index in [1.165, 1.54) is 13.5 Å². The number of carbonyl (C=O) groups is 1. The molecule has 0 fully saturated rings. The topological polar surface area (TPSA) is 77.2 Å². The highest BCUT2D eigenvalue weighted by Crippen LogP contribution is 2.15. The first-order chi connectivity index (χ1) is 7.06. The van der Waals surface area contributed by atoms with E-state index in [9.17, 15) is 4.79 Å². The van der Waals surface area contributed by atoms with E-state index < -0.39 is 5.41 Å². The zero-order valence-electron chi connectivity index (χ0n) is 9.11. The predicted octanol–water partition coefficient (Wildman–Crippen LogP) is 0.358. The molecular formula is C9H15N3O3. The summed E-state index contributed by atoms with van der Waals surface area (Å²) in [5, 5.41) is 6.69. The van der Waals surface area contributed by atoms with Gasteiger partial charge in [-0.2, -0.15) is 4.98 Å². The van der Waals surface area contributed by atoms with Crippen LogP contribution >= 0.6 is 0 Å². The maximum absolute atomic E-state index is 11.3. The van der Waals surface area contributed by atoms with Gasteiger partial charge < -0.3 is 14.6 Å². The van der Waals surface area contributed by atoms with E-state index in [2.05, 4.69) is 24.7 Å². The number of methoxy groups -OCH3 is 1. The second-order valence-corrected chi connectivity index (χ2v) is 3.83. The summed E-state index contributed by atoms with van der Waals surface area (Å²) in [5.41, 5.74) is -0.557. The predicted molar refractivity (Wildman–Crippen MR) is 51.8 cm³/mol. The second-order valence-electron chi connectivity index (χ2n) is 3.83. The first kappa shape index (κ1) is 11.6. The third-order valence-electron chi connectivity index (χ3n) is 1.99. The molecule has 0 aliphatic rings. The first-order valence-electron chi connectivity index (χ1n) is 4.60. The summed E-state index contributed by atoms with van der Waals surface area (Å²) in [6.07, 6.45) is 1.27. The number of nitrogens with one attached hydrogen (secondary N) is 1. The molecule has 1 heterocycles. The Kier molecular flexibility index (Phi) is 3.79. The van der Waals surface area contributed by atoms with Crippen LogP contribution in [0.3, 0.4) is 0 Å². The molecule has 0 aromatic carbocycles. The average Bonchev–Trinajstić information content (AvgIpc) is 2.69. The van der Waals surface area contributed by atoms with Crippen molar-refractivity contribution in [2.75, 3.05) is 13.7 Å². The number of nitrogens with zero attached hydrogens (tertiary/aromatic N) is 2. The number of carbonyl (C=O) groups excluding carboxylic acids is 1. The highest BCUT2D eigenvalue weighted by Gasteiger charge is 2.28. The molecule has 0 bridgehead atoms. The smallest absolute Gasteiger partial charge is 0.312 e. The largest absolute Gasteiger partial charge is 0.469 e. The van der Waals surface area contributed by atoms with Crippen molar-refractivity contribution in [3.63, 3.8) is 0 Å². The lowest BCUT2D eigenvalue weighted by Crippen LogP contribution is -2.36. The Labute approximate surface area is 88.0 Å². The van der Waals surface area contributed by atoms with Gasteiger partial charge in [0.25, 0.3) is 0 Å². The fraction of sp³-hybridized carbons (Fsp3) is 0.667. The zero-order valence-corrected chi connectivity index (χ0v) is 9.11. The van der Waals surface area contributed by atoms with E-state index in [0.717, 1.165) is 0 Å². The third kappa shape index (κ3) is 3.32. The Balaban J connectivity index is 2.33. The number of hydrogen-bond acceptors (Lipinski definition) is 6. The second kappa shape index (κ2) is 4.88. The van der Waals surface area contributed by atoms with Crippen LogP contribution in [0.2, 0.25) is 0 Å². The lowest BCUT2D eigenvalue weighted by atomic mass is 9.94. The molecule has 0 aliphatic carbocycles. The van der Waals surface area contributed by atoms with Crippen molar-refractivity contribution in [1.82, 2.24) is 15.5 Å². The lowest BCUT2D eigenvalue weighted by molar-refractivity contribution is -0.150. The molecule has 0 spiro atoms. The van der Waals surface area contributed by atoms with E-state index >= 15 is 0 Å². The molecule has 0 saturated heterocycles. The van der Waals surface area contributed by atoms with Crippen molar-refractivity contribution in [3.8, 4) is 0 Å². The third-order valence-corrected chi connectivity index (χ3v) is 1.99. The molecule has 6 nitrogen and oxygen atoms in total. The average molecular weight is 213 g/mol. The van der Waals surface area contributed by atoms with Gasteiger partial charge in [0, 0.05) is 6.54 Å². The number of hydrogen-bond donors (Lipinski definition) is 1. The Bertz CT molecular complexity index is 308. The van der Waals surface area contributed by atoms with Crippen LogP contribution in [0.25, 0.3) is 0 Å². The van der Waals surface area contributed by atoms with Gasteiger partial charge >= 0.3 is 5.97 Å². The van der Waals surface area contributed by atoms with Crippen molar-refractivity contribution < 1.29 is 14.1 Å². The molecule has 1 N–H and O–H groups in total. The number of rotatable bonds is 5. The highest BCUT2D eigenvalue weighted by atomic mass is 16.5. The fourth-order valence-corrected chi connectivity index (χ4v) is 1.11. The summed E-state index contributed by atoms with van der Waals surface area (Å²) in [6.45, 7) is 4.58. The van der Waals surface area contributed by atoms with Crippen LogP contribution in [-0.4, -0.2) is 29.8 Å². The van der Waals surface area contributed by atoms with Gasteiger partial charge in [0.2, 0.25) is 6.39 Å². The maximum Gasteiger partial charge on any atom is 0.312 e. The quantitative estimate of drug-likeness (QED) is 0.711. The van der Waals surface area contributed by atoms with Gasteiger partial charge in [-0.3, -0.25) is 4.79 Å². The molecule has 84 valence electrons. The van der Waals surface area contributed by atoms with Crippen LogP contribution in [0.4, 0.5) is 0 Å². The van der Waals surface area contributed by atoms with Crippen LogP contribution in [0, 0.1) is 5.41 Å². The van der Waals surface area contributed by atoms with E-state index in [-0.39, 0.29) is 5.97 Å². The summed E-state index contributed by atoms with van der Waals surface area (Å²) in [7, 11) is 1.38. The molecule has 15 heavy (non-hydrogen) atoms. The van der Waals surface area contributed by atoms with Crippen LogP contribution < -0.4 is 5.32 Å². The van der Waals surface area contributed by atoms with Crippen molar-refractivity contribution in [1.29, 1.82) is 0 Å². The van der Waals surface area contributed by atoms with Gasteiger partial charge in [-0.1, -0.05) is 5.16 Å². The van der Waals surface area contributed by atoms with Gasteiger partial charge in [-0.25, -0.2) is 0 Å². The highest BCUT2D eigenvalue weighted by molar-refractivity contribution is 5.75. The summed E-state index contributed by atoms with van der Waals surface area (Å²) in [5.74, 6) is 0.318. The molecule has 6 heteroatoms. The SMILES string of the molecule is COC(=O)C(C)(C)CNCc1ncon1. The van der Waals surface area contributed by atoms with E-state index in [4.69, 9.17) is 0 Å². The molecule has 0 radical (unpaired) electrons. The lowest BCUT2D eigenvalue weighted by Gasteiger charge is -2.21. The minimum atomic E-state index is -0.557. The summed E-state index contributed by atoms with van der Waals surface area (Å²) < 4.78 is 9.25. The minimum absolute atomic E-state index is 0.247. The van der Waals surface area contributed by atoms with E-state index in [1.54, 1.807) is 0 Å². The van der Waals surface area contributed by atoms with Crippen molar-refractivity contribution in [3.05, 3.63) is 12.2 Å². The van der Waals surface area contributed by atoms with E-state index in [0.29, 0.717) is 18.9 Å². The Morgan fingerprint density at radius 1 is 1.67 bits per heavy atom. The van der Waals surface area contributed by atoms with Gasteiger partial charge in [0.1, 0.15) is 0 Å². The fourth-order valence-electron chi connectivity index (χ4n) is 1.11. The molecule has 1 rings (SSSR count). The van der Waals surface area contributed by atoms with Crippen molar-refractivity contribution >= 4 is 5.97 Å². The molecule has 0 amide bonds. The standard InChI is InChI=1S/C9H15N3O3/c1-9(2,8(13)14-3)5-10-4-7-11-6-15-12-7/h6,10H,4-5H2,1-3H3. The minimum Gasteiger partial charge on any atom is -0.469 e. The molecular weight excluding hydrogens is 198 g/mol. The Morgan fingerprint density at radius 2 is 2.40 bits per heavy atom. The zero-order chi connectivity index (χ0) is 11.3. The summed E-state index contributed by atoms with van der Waals surface area (Å²) >= 11 is 0. The van der Waals surface area contributed by atoms with Gasteiger partial charge in [0.05, 0.1) is 19.1 Å². The van der Waals surface area contributed by atoms with Crippen LogP contribution in [0.1, 0.15) is 19.7 Å².